The van der Waals surface area contributed by atoms with Gasteiger partial charge in [0.15, 0.2) is 5.82 Å². The van der Waals surface area contributed by atoms with Crippen LogP contribution in [-0.4, -0.2) is 35.4 Å². The molecule has 1 N–H and O–H groups in total. The Kier molecular flexibility index (Phi) is 3.38. The van der Waals surface area contributed by atoms with E-state index >= 15 is 0 Å². The topological polar surface area (TPSA) is 60.2 Å². The Morgan fingerprint density at radius 1 is 1.29 bits per heavy atom. The number of rotatable bonds is 6. The lowest BCUT2D eigenvalue weighted by Crippen LogP contribution is -2.19. The van der Waals surface area contributed by atoms with Crippen molar-refractivity contribution in [3.05, 3.63) is 11.7 Å². The molecule has 94 valence electrons. The fraction of sp³-hybridized carbons (Fsp3) is 0.833. The van der Waals surface area contributed by atoms with Gasteiger partial charge in [-0.25, -0.2) is 0 Å². The zero-order chi connectivity index (χ0) is 11.5. The van der Waals surface area contributed by atoms with Crippen LogP contribution in [0, 0.1) is 0 Å². The van der Waals surface area contributed by atoms with Gasteiger partial charge in [-0.2, -0.15) is 4.98 Å². The van der Waals surface area contributed by atoms with Crippen LogP contribution in [-0.2, 0) is 17.6 Å². The summed E-state index contributed by atoms with van der Waals surface area (Å²) in [6.45, 7) is 1.81. The molecular weight excluding hydrogens is 218 g/mol. The molecule has 5 heteroatoms. The van der Waals surface area contributed by atoms with Crippen molar-refractivity contribution >= 4 is 0 Å². The minimum atomic E-state index is 0.296. The molecule has 2 heterocycles. The van der Waals surface area contributed by atoms with E-state index < -0.39 is 0 Å². The summed E-state index contributed by atoms with van der Waals surface area (Å²) in [7, 11) is 0. The zero-order valence-electron chi connectivity index (χ0n) is 10.0. The third-order valence-electron chi connectivity index (χ3n) is 3.29. The van der Waals surface area contributed by atoms with Crippen molar-refractivity contribution in [2.24, 2.45) is 0 Å². The molecule has 0 bridgehead atoms. The Labute approximate surface area is 101 Å². The van der Waals surface area contributed by atoms with Crippen LogP contribution >= 0.6 is 0 Å². The second-order valence-corrected chi connectivity index (χ2v) is 4.92. The Hall–Kier alpha value is -0.940. The van der Waals surface area contributed by atoms with Crippen molar-refractivity contribution in [2.45, 2.75) is 50.7 Å². The van der Waals surface area contributed by atoms with Crippen molar-refractivity contribution in [1.82, 2.24) is 15.5 Å². The minimum Gasteiger partial charge on any atom is -0.378 e. The Morgan fingerprint density at radius 3 is 3.00 bits per heavy atom. The first kappa shape index (κ1) is 11.2. The molecule has 0 aromatic carbocycles. The lowest BCUT2D eigenvalue weighted by Gasteiger charge is -2.03. The monoisotopic (exact) mass is 237 g/mol. The van der Waals surface area contributed by atoms with Gasteiger partial charge in [0.1, 0.15) is 0 Å². The molecular formula is C12H19N3O2. The van der Waals surface area contributed by atoms with E-state index in [0.717, 1.165) is 56.6 Å². The average Bonchev–Trinajstić information content (AvgIpc) is 2.83. The zero-order valence-corrected chi connectivity index (χ0v) is 10.0. The molecule has 1 aliphatic heterocycles. The van der Waals surface area contributed by atoms with Crippen molar-refractivity contribution in [3.8, 4) is 0 Å². The molecule has 1 aromatic rings. The maximum Gasteiger partial charge on any atom is 0.227 e. The predicted octanol–water partition coefficient (Wildman–Crippen LogP) is 1.09. The molecule has 1 saturated carbocycles. The summed E-state index contributed by atoms with van der Waals surface area (Å²) in [6, 6.07) is 0.740. The van der Waals surface area contributed by atoms with Gasteiger partial charge in [0.2, 0.25) is 5.89 Å². The van der Waals surface area contributed by atoms with E-state index in [-0.39, 0.29) is 0 Å². The van der Waals surface area contributed by atoms with Gasteiger partial charge >= 0.3 is 0 Å². The van der Waals surface area contributed by atoms with Gasteiger partial charge in [0.25, 0.3) is 0 Å². The first-order valence-corrected chi connectivity index (χ1v) is 6.56. The molecule has 17 heavy (non-hydrogen) atoms. The van der Waals surface area contributed by atoms with E-state index in [9.17, 15) is 0 Å². The number of aromatic nitrogens is 2. The summed E-state index contributed by atoms with van der Waals surface area (Å²) in [6.07, 6.45) is 6.81. The van der Waals surface area contributed by atoms with Gasteiger partial charge in [-0.3, -0.25) is 0 Å². The van der Waals surface area contributed by atoms with Gasteiger partial charge in [0.05, 0.1) is 6.10 Å². The summed E-state index contributed by atoms with van der Waals surface area (Å²) in [5.41, 5.74) is 0. The molecule has 2 aliphatic rings. The minimum absolute atomic E-state index is 0.296. The molecule has 0 spiro atoms. The van der Waals surface area contributed by atoms with Crippen molar-refractivity contribution in [2.75, 3.05) is 13.2 Å². The Bertz CT molecular complexity index is 356. The normalized spacial score (nSPS) is 24.4. The van der Waals surface area contributed by atoms with Crippen LogP contribution < -0.4 is 5.32 Å². The van der Waals surface area contributed by atoms with Crippen LogP contribution in [0.15, 0.2) is 4.52 Å². The molecule has 1 unspecified atom stereocenters. The summed E-state index contributed by atoms with van der Waals surface area (Å²) in [5, 5.41) is 7.43. The van der Waals surface area contributed by atoms with Crippen LogP contribution in [0.25, 0.3) is 0 Å². The van der Waals surface area contributed by atoms with E-state index in [4.69, 9.17) is 9.26 Å². The Balaban J connectivity index is 1.43. The van der Waals surface area contributed by atoms with Crippen LogP contribution in [0.4, 0.5) is 0 Å². The molecule has 1 aliphatic carbocycles. The highest BCUT2D eigenvalue weighted by Crippen LogP contribution is 2.18. The average molecular weight is 237 g/mol. The highest BCUT2D eigenvalue weighted by atomic mass is 16.5. The van der Waals surface area contributed by atoms with Gasteiger partial charge in [0, 0.05) is 32.0 Å². The number of ether oxygens (including phenoxy) is 1. The number of hydrogen-bond donors (Lipinski definition) is 1. The highest BCUT2D eigenvalue weighted by molar-refractivity contribution is 4.91. The lowest BCUT2D eigenvalue weighted by atomic mass is 10.2. The van der Waals surface area contributed by atoms with Crippen molar-refractivity contribution < 1.29 is 9.26 Å². The van der Waals surface area contributed by atoms with Gasteiger partial charge < -0.3 is 14.6 Å². The fourth-order valence-corrected chi connectivity index (χ4v) is 2.15. The molecule has 1 saturated heterocycles. The first-order valence-electron chi connectivity index (χ1n) is 6.56. The largest absolute Gasteiger partial charge is 0.378 e. The number of hydrogen-bond acceptors (Lipinski definition) is 5. The molecule has 1 atom stereocenters. The second-order valence-electron chi connectivity index (χ2n) is 4.92. The molecule has 0 amide bonds. The van der Waals surface area contributed by atoms with Gasteiger partial charge in [-0.15, -0.1) is 0 Å². The molecule has 3 rings (SSSR count). The summed E-state index contributed by atoms with van der Waals surface area (Å²) in [4.78, 5) is 4.39. The van der Waals surface area contributed by atoms with Crippen LogP contribution in [0.5, 0.6) is 0 Å². The third-order valence-corrected chi connectivity index (χ3v) is 3.29. The molecule has 0 radical (unpaired) electrons. The highest BCUT2D eigenvalue weighted by Gasteiger charge is 2.21. The van der Waals surface area contributed by atoms with Crippen LogP contribution in [0.2, 0.25) is 0 Å². The Morgan fingerprint density at radius 2 is 2.24 bits per heavy atom. The predicted molar refractivity (Wildman–Crippen MR) is 61.7 cm³/mol. The maximum absolute atomic E-state index is 5.55. The maximum atomic E-state index is 5.55. The summed E-state index contributed by atoms with van der Waals surface area (Å²) < 4.78 is 10.8. The second kappa shape index (κ2) is 5.14. The van der Waals surface area contributed by atoms with Crippen LogP contribution in [0.3, 0.4) is 0 Å². The van der Waals surface area contributed by atoms with E-state index in [1.54, 1.807) is 0 Å². The number of nitrogens with zero attached hydrogens (tertiary/aromatic N) is 2. The standard InChI is InChI=1S/C12H19N3O2/c1-2-10(16-7-1)8-11-14-12(17-15-11)5-6-13-9-3-4-9/h9-10,13H,1-8H2. The van der Waals surface area contributed by atoms with E-state index in [2.05, 4.69) is 15.5 Å². The van der Waals surface area contributed by atoms with E-state index in [1.165, 1.54) is 12.8 Å². The van der Waals surface area contributed by atoms with Gasteiger partial charge in [-0.05, 0) is 25.7 Å². The quantitative estimate of drug-likeness (QED) is 0.802. The van der Waals surface area contributed by atoms with E-state index in [1.807, 2.05) is 0 Å². The summed E-state index contributed by atoms with van der Waals surface area (Å²) in [5.74, 6) is 1.53. The smallest absolute Gasteiger partial charge is 0.227 e. The van der Waals surface area contributed by atoms with Crippen LogP contribution in [0.1, 0.15) is 37.4 Å². The van der Waals surface area contributed by atoms with Crippen molar-refractivity contribution in [3.63, 3.8) is 0 Å². The van der Waals surface area contributed by atoms with Crippen molar-refractivity contribution in [1.29, 1.82) is 0 Å². The molecule has 2 fully saturated rings. The first-order chi connectivity index (χ1) is 8.40. The molecule has 1 aromatic heterocycles. The third kappa shape index (κ3) is 3.26. The molecule has 5 nitrogen and oxygen atoms in total. The number of nitrogens with one attached hydrogen (secondary N) is 1. The SMILES string of the molecule is C1COC(Cc2noc(CCNC3CC3)n2)C1. The lowest BCUT2D eigenvalue weighted by molar-refractivity contribution is 0.109. The van der Waals surface area contributed by atoms with Gasteiger partial charge in [-0.1, -0.05) is 5.16 Å². The summed E-state index contributed by atoms with van der Waals surface area (Å²) >= 11 is 0. The fourth-order valence-electron chi connectivity index (χ4n) is 2.15. The van der Waals surface area contributed by atoms with E-state index in [0.29, 0.717) is 6.10 Å².